The third-order valence-corrected chi connectivity index (χ3v) is 15.0. The number of esters is 1. The van der Waals surface area contributed by atoms with E-state index in [1.807, 2.05) is 11.8 Å². The number of urea groups is 1. The lowest BCUT2D eigenvalue weighted by molar-refractivity contribution is -0.145. The Hall–Kier alpha value is -5.12. The summed E-state index contributed by atoms with van der Waals surface area (Å²) >= 11 is 8.97. The summed E-state index contributed by atoms with van der Waals surface area (Å²) in [7, 11) is 0. The molecule has 1 aromatic heterocycles. The number of halogens is 1. The van der Waals surface area contributed by atoms with Gasteiger partial charge >= 0.3 is 18.1 Å². The molecule has 0 aliphatic carbocycles. The molecule has 0 spiro atoms. The zero-order valence-corrected chi connectivity index (χ0v) is 41.3. The largest absolute Gasteiger partial charge is 0.466 e. The predicted molar refractivity (Wildman–Crippen MR) is 263 cm³/mol. The van der Waals surface area contributed by atoms with Crippen LogP contribution in [0.5, 0.6) is 0 Å². The average Bonchev–Trinajstić information content (AvgIpc) is 4.13. The quantitative estimate of drug-likeness (QED) is 0.0366. The van der Waals surface area contributed by atoms with Gasteiger partial charge in [-0.05, 0) is 94.2 Å². The fourth-order valence-corrected chi connectivity index (χ4v) is 11.0. The third-order valence-electron chi connectivity index (χ3n) is 12.2. The molecule has 5 atom stereocenters. The highest BCUT2D eigenvalue weighted by molar-refractivity contribution is 8.00. The zero-order chi connectivity index (χ0) is 49.0. The topological polar surface area (TPSA) is 243 Å². The smallest absolute Gasteiger partial charge is 0.414 e. The highest BCUT2D eigenvalue weighted by Crippen LogP contribution is 2.33. The Kier molecular flexibility index (Phi) is 21.5. The lowest BCUT2D eigenvalue weighted by Crippen LogP contribution is -2.48. The molecule has 69 heavy (non-hydrogen) atoms. The molecule has 0 bridgehead atoms. The summed E-state index contributed by atoms with van der Waals surface area (Å²) < 4.78 is 17.0. The van der Waals surface area contributed by atoms with Gasteiger partial charge in [0.25, 0.3) is 11.8 Å². The molecule has 0 radical (unpaired) electrons. The molecule has 2 aromatic rings. The zero-order valence-electron chi connectivity index (χ0n) is 38.9. The van der Waals surface area contributed by atoms with Crippen LogP contribution in [0.25, 0.3) is 0 Å². The van der Waals surface area contributed by atoms with Gasteiger partial charge < -0.3 is 51.0 Å². The number of cyclic esters (lactones) is 1. The molecule has 4 aliphatic heterocycles. The number of thioether (sulfide) groups is 1. The molecule has 1 unspecified atom stereocenters. The molecule has 4 fully saturated rings. The number of hydrogen-bond donors (Lipinski definition) is 6. The monoisotopic (exact) mass is 1020 g/mol. The van der Waals surface area contributed by atoms with Crippen LogP contribution in [0.15, 0.2) is 36.4 Å². The van der Waals surface area contributed by atoms with Crippen LogP contribution in [0.1, 0.15) is 106 Å². The van der Waals surface area contributed by atoms with Gasteiger partial charge in [0, 0.05) is 67.8 Å². The Balaban J connectivity index is 0.711. The van der Waals surface area contributed by atoms with Crippen LogP contribution in [0.4, 0.5) is 21.0 Å². The van der Waals surface area contributed by atoms with Gasteiger partial charge in [-0.1, -0.05) is 24.4 Å². The van der Waals surface area contributed by atoms with Crippen LogP contribution < -0.4 is 41.7 Å². The molecule has 6 N–H and O–H groups in total. The van der Waals surface area contributed by atoms with Gasteiger partial charge in [0.1, 0.15) is 12.2 Å². The van der Waals surface area contributed by atoms with Crippen molar-refractivity contribution in [1.82, 2.24) is 31.9 Å². The van der Waals surface area contributed by atoms with E-state index in [0.717, 1.165) is 74.9 Å². The molecule has 4 aliphatic rings. The van der Waals surface area contributed by atoms with Crippen LogP contribution >= 0.6 is 34.7 Å². The van der Waals surface area contributed by atoms with E-state index in [4.69, 9.17) is 25.8 Å². The minimum Gasteiger partial charge on any atom is -0.466 e. The van der Waals surface area contributed by atoms with Gasteiger partial charge in [-0.3, -0.25) is 33.7 Å². The number of amides is 8. The number of thiophene rings is 1. The van der Waals surface area contributed by atoms with Crippen LogP contribution in [-0.4, -0.2) is 135 Å². The van der Waals surface area contributed by atoms with Crippen molar-refractivity contribution in [2.75, 3.05) is 68.0 Å². The Morgan fingerprint density at radius 3 is 2.06 bits per heavy atom. The first-order valence-electron chi connectivity index (χ1n) is 24.1. The van der Waals surface area contributed by atoms with Crippen LogP contribution in [0.2, 0.25) is 4.34 Å². The van der Waals surface area contributed by atoms with E-state index in [1.165, 1.54) is 4.90 Å². The average molecular weight is 1020 g/mol. The van der Waals surface area contributed by atoms with Crippen molar-refractivity contribution >= 4 is 93.7 Å². The van der Waals surface area contributed by atoms with Gasteiger partial charge in [-0.25, -0.2) is 9.59 Å². The summed E-state index contributed by atoms with van der Waals surface area (Å²) in [6.45, 7) is 2.79. The molecule has 19 nitrogen and oxygen atoms in total. The maximum absolute atomic E-state index is 13.3. The Morgan fingerprint density at radius 2 is 1.38 bits per heavy atom. The minimum absolute atomic E-state index is 0.00546. The summed E-state index contributed by atoms with van der Waals surface area (Å²) in [5, 5.41) is 17.9. The standard InChI is InChI=1S/C47H65ClN8O11S2/c48-38-19-18-37(69-38)44(61)52-28-33-29-56(47(64)67-33)32-16-14-31(15-17-32)55-25-27-65-35(45(55)62)10-9-26-66-42(60)21-20-41(59)51-24-8-2-7-23-50-39(57)12-3-1-6-22-49-40(58)13-5-4-11-36-43-34(30-68-36)53-46(63)54-43/h14-19,33-36,43H,1-13,20-30H2,(H,49,58)(H,50,57)(H,51,59)(H,52,61)(H2,53,54,63)/t33-,34-,35?,36-,43-/m0/s1. The third kappa shape index (κ3) is 17.4. The van der Waals surface area contributed by atoms with Crippen molar-refractivity contribution in [2.45, 2.75) is 126 Å². The predicted octanol–water partition coefficient (Wildman–Crippen LogP) is 4.80. The van der Waals surface area contributed by atoms with E-state index >= 15 is 0 Å². The minimum atomic E-state index is -0.710. The fraction of sp³-hybridized carbons (Fsp3) is 0.617. The van der Waals surface area contributed by atoms with Gasteiger partial charge in [-0.15, -0.1) is 11.3 Å². The van der Waals surface area contributed by atoms with Crippen LogP contribution in [0.3, 0.4) is 0 Å². The maximum Gasteiger partial charge on any atom is 0.414 e. The molecule has 6 rings (SSSR count). The first-order chi connectivity index (χ1) is 33.4. The van der Waals surface area contributed by atoms with Gasteiger partial charge in [0.05, 0.1) is 54.0 Å². The second-order valence-corrected chi connectivity index (χ2v) is 20.4. The summed E-state index contributed by atoms with van der Waals surface area (Å²) in [5.41, 5.74) is 1.23. The number of carbonyl (C=O) groups is 8. The highest BCUT2D eigenvalue weighted by atomic mass is 35.5. The number of unbranched alkanes of at least 4 members (excludes halogenated alkanes) is 5. The Labute approximate surface area is 415 Å². The number of ether oxygens (including phenoxy) is 3. The van der Waals surface area contributed by atoms with Crippen molar-refractivity contribution < 1.29 is 52.6 Å². The van der Waals surface area contributed by atoms with Gasteiger partial charge in [0.15, 0.2) is 0 Å². The van der Waals surface area contributed by atoms with E-state index in [0.29, 0.717) is 84.3 Å². The van der Waals surface area contributed by atoms with Crippen molar-refractivity contribution in [3.05, 3.63) is 45.6 Å². The number of fused-ring (bicyclic) bond motifs is 1. The summed E-state index contributed by atoms with van der Waals surface area (Å²) in [6.07, 6.45) is 7.41. The molecular weight excluding hydrogens is 952 g/mol. The van der Waals surface area contributed by atoms with E-state index in [2.05, 4.69) is 31.9 Å². The fourth-order valence-electron chi connectivity index (χ4n) is 8.47. The van der Waals surface area contributed by atoms with Crippen LogP contribution in [-0.2, 0) is 38.2 Å². The number of benzene rings is 1. The SMILES string of the molecule is O=C(CCCCCNC(=O)CCCC[C@@H]1SC[C@@H]2NC(=O)N[C@@H]21)NCCCCCNC(=O)CCC(=O)OCCCC1OCCN(c2ccc(N3C[C@H](CNC(=O)c4ccc(Cl)s4)OC3=O)cc2)C1=O. The number of nitrogens with zero attached hydrogens (tertiary/aromatic N) is 2. The Bertz CT molecular complexity index is 2080. The highest BCUT2D eigenvalue weighted by Gasteiger charge is 2.42. The number of rotatable bonds is 29. The number of nitrogens with one attached hydrogen (secondary N) is 6. The lowest BCUT2D eigenvalue weighted by Gasteiger charge is -2.32. The first kappa shape index (κ1) is 53.2. The van der Waals surface area contributed by atoms with E-state index in [9.17, 15) is 38.4 Å². The lowest BCUT2D eigenvalue weighted by atomic mass is 10.0. The van der Waals surface area contributed by atoms with Gasteiger partial charge in [0.2, 0.25) is 17.7 Å². The summed E-state index contributed by atoms with van der Waals surface area (Å²) in [4.78, 5) is 102. The Morgan fingerprint density at radius 1 is 0.725 bits per heavy atom. The van der Waals surface area contributed by atoms with Crippen molar-refractivity contribution in [3.63, 3.8) is 0 Å². The summed E-state index contributed by atoms with van der Waals surface area (Å²) in [6, 6.07) is 10.6. The molecule has 5 heterocycles. The van der Waals surface area contributed by atoms with Crippen LogP contribution in [0, 0.1) is 0 Å². The molecule has 22 heteroatoms. The summed E-state index contributed by atoms with van der Waals surface area (Å²) in [5.74, 6) is -0.251. The number of carbonyl (C=O) groups excluding carboxylic acids is 8. The molecule has 4 saturated heterocycles. The van der Waals surface area contributed by atoms with Crippen molar-refractivity contribution in [2.24, 2.45) is 0 Å². The number of anilines is 2. The number of morpholine rings is 1. The normalized spacial score (nSPS) is 20.7. The van der Waals surface area contributed by atoms with Crippen molar-refractivity contribution in [3.8, 4) is 0 Å². The van der Waals surface area contributed by atoms with E-state index in [-0.39, 0.29) is 80.2 Å². The maximum atomic E-state index is 13.3. The second kappa shape index (κ2) is 27.9. The van der Waals surface area contributed by atoms with Gasteiger partial charge in [-0.2, -0.15) is 11.8 Å². The van der Waals surface area contributed by atoms with Crippen molar-refractivity contribution in [1.29, 1.82) is 0 Å². The second-order valence-electron chi connectivity index (χ2n) is 17.4. The first-order valence-corrected chi connectivity index (χ1v) is 26.4. The molecule has 378 valence electrons. The molecule has 8 amide bonds. The van der Waals surface area contributed by atoms with E-state index in [1.54, 1.807) is 41.3 Å². The molecule has 1 aromatic carbocycles. The molecular formula is C47H65ClN8O11S2. The molecule has 0 saturated carbocycles. The number of hydrogen-bond acceptors (Lipinski definition) is 13. The van der Waals surface area contributed by atoms with E-state index < -0.39 is 24.3 Å².